The number of primary amides is 1. The molecule has 3 rings (SSSR count). The molecule has 8 heteroatoms. The van der Waals surface area contributed by atoms with E-state index >= 15 is 0 Å². The van der Waals surface area contributed by atoms with Gasteiger partial charge in [-0.15, -0.1) is 0 Å². The molecular formula is C19H24N4O4. The van der Waals surface area contributed by atoms with Crippen LogP contribution in [0.3, 0.4) is 0 Å². The average molecular weight is 372 g/mol. The second kappa shape index (κ2) is 7.81. The molecule has 0 fully saturated rings. The van der Waals surface area contributed by atoms with Crippen LogP contribution in [0.15, 0.2) is 36.1 Å². The Kier molecular flexibility index (Phi) is 5.48. The van der Waals surface area contributed by atoms with E-state index in [1.165, 1.54) is 11.0 Å². The van der Waals surface area contributed by atoms with Gasteiger partial charge in [-0.2, -0.15) is 0 Å². The van der Waals surface area contributed by atoms with Crippen LogP contribution in [0.25, 0.3) is 0 Å². The lowest BCUT2D eigenvalue weighted by atomic mass is 10.1. The monoisotopic (exact) mass is 372 g/mol. The Morgan fingerprint density at radius 1 is 1.48 bits per heavy atom. The lowest BCUT2D eigenvalue weighted by Crippen LogP contribution is -2.42. The van der Waals surface area contributed by atoms with Crippen molar-refractivity contribution < 1.29 is 19.4 Å². The summed E-state index contributed by atoms with van der Waals surface area (Å²) in [5.41, 5.74) is 13.1. The van der Waals surface area contributed by atoms with Crippen LogP contribution in [0.1, 0.15) is 28.8 Å². The standard InChI is InChI=1S/C19H24N4O4/c1-11-3-5-13-16(17(11)27-8-2-7-20)22-18(25)14-9-12(4-6-15(21)24)10-23(14)19(13)26/h3-6,10,14,18,22,25H,2,7-9,20H2,1H3,(H2,21,24)/b6-4+. The fourth-order valence-electron chi connectivity index (χ4n) is 3.28. The summed E-state index contributed by atoms with van der Waals surface area (Å²) in [6, 6.07) is 3.04. The maximum atomic E-state index is 13.1. The molecule has 8 nitrogen and oxygen atoms in total. The minimum Gasteiger partial charge on any atom is -0.491 e. The number of allylic oxidation sites excluding steroid dienone is 1. The fraction of sp³-hybridized carbons (Fsp3) is 0.368. The van der Waals surface area contributed by atoms with E-state index < -0.39 is 18.2 Å². The van der Waals surface area contributed by atoms with Crippen molar-refractivity contribution >= 4 is 17.5 Å². The second-order valence-electron chi connectivity index (χ2n) is 6.64. The highest BCUT2D eigenvalue weighted by molar-refractivity contribution is 6.03. The number of carbonyl (C=O) groups is 2. The number of carbonyl (C=O) groups excluding carboxylic acids is 2. The summed E-state index contributed by atoms with van der Waals surface area (Å²) in [6.07, 6.45) is 4.54. The van der Waals surface area contributed by atoms with E-state index in [0.29, 0.717) is 43.0 Å². The van der Waals surface area contributed by atoms with E-state index in [1.54, 1.807) is 18.3 Å². The highest BCUT2D eigenvalue weighted by atomic mass is 16.5. The molecule has 6 N–H and O–H groups in total. The van der Waals surface area contributed by atoms with Crippen molar-refractivity contribution in [2.24, 2.45) is 11.5 Å². The summed E-state index contributed by atoms with van der Waals surface area (Å²) in [5, 5.41) is 13.7. The maximum Gasteiger partial charge on any atom is 0.260 e. The van der Waals surface area contributed by atoms with Crippen molar-refractivity contribution in [3.05, 3.63) is 47.2 Å². The number of fused-ring (bicyclic) bond motifs is 2. The second-order valence-corrected chi connectivity index (χ2v) is 6.64. The number of nitrogens with one attached hydrogen (secondary N) is 1. The number of anilines is 1. The van der Waals surface area contributed by atoms with E-state index in [1.807, 2.05) is 13.0 Å². The molecule has 27 heavy (non-hydrogen) atoms. The van der Waals surface area contributed by atoms with Gasteiger partial charge >= 0.3 is 0 Å². The Bertz CT molecular complexity index is 818. The Morgan fingerprint density at radius 3 is 2.96 bits per heavy atom. The molecule has 1 aromatic carbocycles. The van der Waals surface area contributed by atoms with Gasteiger partial charge in [0.15, 0.2) is 0 Å². The van der Waals surface area contributed by atoms with Crippen LogP contribution in [0, 0.1) is 6.92 Å². The Balaban J connectivity index is 1.95. The summed E-state index contributed by atoms with van der Waals surface area (Å²) in [6.45, 7) is 2.81. The van der Waals surface area contributed by atoms with Gasteiger partial charge in [0.05, 0.1) is 23.9 Å². The van der Waals surface area contributed by atoms with Gasteiger partial charge in [-0.05, 0) is 43.5 Å². The molecule has 2 aliphatic rings. The van der Waals surface area contributed by atoms with Gasteiger partial charge in [0.2, 0.25) is 5.91 Å². The molecule has 0 saturated heterocycles. The number of hydrogen-bond acceptors (Lipinski definition) is 6. The van der Waals surface area contributed by atoms with Gasteiger partial charge in [-0.25, -0.2) is 0 Å². The summed E-state index contributed by atoms with van der Waals surface area (Å²) >= 11 is 0. The smallest absolute Gasteiger partial charge is 0.260 e. The first-order valence-corrected chi connectivity index (χ1v) is 8.84. The zero-order chi connectivity index (χ0) is 19.6. The molecule has 1 aromatic rings. The van der Waals surface area contributed by atoms with Gasteiger partial charge in [0.25, 0.3) is 5.91 Å². The predicted molar refractivity (Wildman–Crippen MR) is 101 cm³/mol. The number of benzene rings is 1. The third-order valence-electron chi connectivity index (χ3n) is 4.64. The molecule has 2 unspecified atom stereocenters. The first-order valence-electron chi connectivity index (χ1n) is 8.84. The Morgan fingerprint density at radius 2 is 2.26 bits per heavy atom. The van der Waals surface area contributed by atoms with Gasteiger partial charge < -0.3 is 31.5 Å². The summed E-state index contributed by atoms with van der Waals surface area (Å²) in [7, 11) is 0. The predicted octanol–water partition coefficient (Wildman–Crippen LogP) is 0.606. The van der Waals surface area contributed by atoms with Crippen LogP contribution in [0.4, 0.5) is 5.69 Å². The van der Waals surface area contributed by atoms with Gasteiger partial charge in [0, 0.05) is 12.3 Å². The minimum atomic E-state index is -0.996. The third kappa shape index (κ3) is 3.81. The summed E-state index contributed by atoms with van der Waals surface area (Å²) < 4.78 is 5.83. The Hall–Kier alpha value is -2.84. The van der Waals surface area contributed by atoms with Crippen LogP contribution in [0.5, 0.6) is 5.75 Å². The zero-order valence-corrected chi connectivity index (χ0v) is 15.1. The SMILES string of the molecule is Cc1ccc2c(c1OCCCN)NC(O)C1CC(/C=C/C(N)=O)=CN1C2=O. The molecular weight excluding hydrogens is 348 g/mol. The number of rotatable bonds is 6. The third-order valence-corrected chi connectivity index (χ3v) is 4.64. The van der Waals surface area contributed by atoms with Crippen molar-refractivity contribution in [3.8, 4) is 5.75 Å². The van der Waals surface area contributed by atoms with Crippen LogP contribution in [0.2, 0.25) is 0 Å². The van der Waals surface area contributed by atoms with Crippen LogP contribution in [-0.2, 0) is 4.79 Å². The molecule has 0 aliphatic carbocycles. The molecule has 2 aliphatic heterocycles. The number of ether oxygens (including phenoxy) is 1. The lowest BCUT2D eigenvalue weighted by molar-refractivity contribution is -0.113. The van der Waals surface area contributed by atoms with Gasteiger partial charge in [0.1, 0.15) is 12.0 Å². The Labute approximate surface area is 157 Å². The zero-order valence-electron chi connectivity index (χ0n) is 15.1. The quantitative estimate of drug-likeness (QED) is 0.427. The normalized spacial score (nSPS) is 21.4. The molecule has 0 radical (unpaired) electrons. The van der Waals surface area contributed by atoms with E-state index in [2.05, 4.69) is 5.32 Å². The molecule has 2 amide bonds. The number of amides is 2. The molecule has 0 spiro atoms. The number of nitrogens with two attached hydrogens (primary N) is 2. The molecule has 2 atom stereocenters. The first-order chi connectivity index (χ1) is 12.9. The van der Waals surface area contributed by atoms with Crippen molar-refractivity contribution in [2.75, 3.05) is 18.5 Å². The molecule has 0 saturated carbocycles. The van der Waals surface area contributed by atoms with Crippen molar-refractivity contribution in [1.82, 2.24) is 4.90 Å². The summed E-state index contributed by atoms with van der Waals surface area (Å²) in [5.74, 6) is -0.263. The van der Waals surface area contributed by atoms with E-state index in [-0.39, 0.29) is 5.91 Å². The topological polar surface area (TPSA) is 131 Å². The number of aryl methyl sites for hydroxylation is 1. The minimum absolute atomic E-state index is 0.245. The number of nitrogens with zero attached hydrogens (tertiary/aromatic N) is 1. The maximum absolute atomic E-state index is 13.1. The van der Waals surface area contributed by atoms with E-state index in [9.17, 15) is 14.7 Å². The van der Waals surface area contributed by atoms with E-state index in [4.69, 9.17) is 16.2 Å². The van der Waals surface area contributed by atoms with Crippen LogP contribution < -0.4 is 21.5 Å². The fourth-order valence-corrected chi connectivity index (χ4v) is 3.28. The van der Waals surface area contributed by atoms with E-state index in [0.717, 1.165) is 11.1 Å². The number of hydrogen-bond donors (Lipinski definition) is 4. The molecule has 0 aromatic heterocycles. The van der Waals surface area contributed by atoms with Gasteiger partial charge in [-0.1, -0.05) is 12.1 Å². The lowest BCUT2D eigenvalue weighted by Gasteiger charge is -2.25. The average Bonchev–Trinajstić information content (AvgIpc) is 3.03. The number of aliphatic hydroxyl groups is 1. The largest absolute Gasteiger partial charge is 0.491 e. The number of aliphatic hydroxyl groups excluding tert-OH is 1. The van der Waals surface area contributed by atoms with Crippen molar-refractivity contribution in [2.45, 2.75) is 32.0 Å². The first kappa shape index (κ1) is 18.9. The van der Waals surface area contributed by atoms with Gasteiger partial charge in [-0.3, -0.25) is 9.59 Å². The molecule has 144 valence electrons. The highest BCUT2D eigenvalue weighted by Crippen LogP contribution is 2.39. The highest BCUT2D eigenvalue weighted by Gasteiger charge is 2.39. The van der Waals surface area contributed by atoms with Crippen molar-refractivity contribution in [1.29, 1.82) is 0 Å². The van der Waals surface area contributed by atoms with Crippen LogP contribution in [-0.4, -0.2) is 47.2 Å². The van der Waals surface area contributed by atoms with Crippen LogP contribution >= 0.6 is 0 Å². The van der Waals surface area contributed by atoms with Crippen molar-refractivity contribution in [3.63, 3.8) is 0 Å². The summed E-state index contributed by atoms with van der Waals surface area (Å²) in [4.78, 5) is 25.5. The molecule has 0 bridgehead atoms. The molecule has 2 heterocycles.